The lowest BCUT2D eigenvalue weighted by atomic mass is 9.40. The Morgan fingerprint density at radius 1 is 1.03 bits per heavy atom. The second kappa shape index (κ2) is 8.25. The van der Waals surface area contributed by atoms with Crippen LogP contribution < -0.4 is 0 Å². The zero-order valence-corrected chi connectivity index (χ0v) is 20.2. The van der Waals surface area contributed by atoms with E-state index < -0.39 is 54.8 Å². The Balaban J connectivity index is 1.40. The normalized spacial score (nSPS) is 54.8. The van der Waals surface area contributed by atoms with Gasteiger partial charge in [-0.05, 0) is 80.6 Å². The van der Waals surface area contributed by atoms with Crippen LogP contribution in [0.25, 0.3) is 0 Å². The Morgan fingerprint density at radius 2 is 1.76 bits per heavy atom. The molecule has 12 atom stereocenters. The van der Waals surface area contributed by atoms with Crippen LogP contribution in [-0.4, -0.2) is 74.9 Å². The molecular formula is C26H40O8. The molecule has 34 heavy (non-hydrogen) atoms. The van der Waals surface area contributed by atoms with Crippen LogP contribution in [0.15, 0.2) is 12.2 Å². The number of rotatable bonds is 3. The second-order valence-corrected chi connectivity index (χ2v) is 12.2. The van der Waals surface area contributed by atoms with E-state index in [2.05, 4.69) is 13.5 Å². The molecule has 192 valence electrons. The number of esters is 1. The van der Waals surface area contributed by atoms with Crippen LogP contribution in [0.1, 0.15) is 65.2 Å². The van der Waals surface area contributed by atoms with Gasteiger partial charge >= 0.3 is 5.97 Å². The lowest BCUT2D eigenvalue weighted by Crippen LogP contribution is -2.62. The molecule has 8 heteroatoms. The zero-order chi connectivity index (χ0) is 24.6. The van der Waals surface area contributed by atoms with Crippen LogP contribution in [0.2, 0.25) is 0 Å². The first-order valence-corrected chi connectivity index (χ1v) is 12.9. The Labute approximate surface area is 201 Å². The Kier molecular flexibility index (Phi) is 5.98. The third-order valence-corrected chi connectivity index (χ3v) is 10.8. The van der Waals surface area contributed by atoms with Crippen LogP contribution in [0.3, 0.4) is 0 Å². The Morgan fingerprint density at radius 3 is 2.47 bits per heavy atom. The molecule has 5 N–H and O–H groups in total. The van der Waals surface area contributed by atoms with Crippen molar-refractivity contribution in [2.75, 3.05) is 6.61 Å². The van der Waals surface area contributed by atoms with Crippen LogP contribution >= 0.6 is 0 Å². The molecule has 5 aliphatic rings. The van der Waals surface area contributed by atoms with Crippen molar-refractivity contribution in [1.82, 2.24) is 0 Å². The summed E-state index contributed by atoms with van der Waals surface area (Å²) in [6.07, 6.45) is -0.507. The molecule has 5 rings (SSSR count). The highest BCUT2D eigenvalue weighted by Crippen LogP contribution is 2.72. The van der Waals surface area contributed by atoms with Gasteiger partial charge < -0.3 is 35.0 Å². The minimum Gasteiger partial charge on any atom is -0.432 e. The molecule has 1 heterocycles. The molecular weight excluding hydrogens is 440 g/mol. The van der Waals surface area contributed by atoms with E-state index in [4.69, 9.17) is 9.47 Å². The topological polar surface area (TPSA) is 137 Å². The van der Waals surface area contributed by atoms with Gasteiger partial charge in [0.2, 0.25) is 6.29 Å². The summed E-state index contributed by atoms with van der Waals surface area (Å²) in [6.45, 7) is 7.88. The van der Waals surface area contributed by atoms with Gasteiger partial charge in [-0.3, -0.25) is 4.79 Å². The predicted molar refractivity (Wildman–Crippen MR) is 121 cm³/mol. The number of carbonyl (C=O) groups excluding carboxylic acids is 1. The van der Waals surface area contributed by atoms with Crippen LogP contribution in [0.5, 0.6) is 0 Å². The number of aliphatic hydroxyl groups is 5. The number of aliphatic hydroxyl groups excluding tert-OH is 5. The van der Waals surface area contributed by atoms with E-state index in [-0.39, 0.29) is 16.7 Å². The molecule has 1 spiro atoms. The lowest BCUT2D eigenvalue weighted by molar-refractivity contribution is -0.298. The fourth-order valence-corrected chi connectivity index (χ4v) is 9.01. The van der Waals surface area contributed by atoms with Gasteiger partial charge in [-0.1, -0.05) is 19.9 Å². The highest BCUT2D eigenvalue weighted by Gasteiger charge is 2.68. The molecule has 0 radical (unpaired) electrons. The molecule has 1 aliphatic heterocycles. The highest BCUT2D eigenvalue weighted by atomic mass is 16.7. The summed E-state index contributed by atoms with van der Waals surface area (Å²) in [6, 6.07) is 0. The van der Waals surface area contributed by atoms with E-state index in [9.17, 15) is 30.3 Å². The number of fused-ring (bicyclic) bond motifs is 3. The molecule has 4 saturated carbocycles. The van der Waals surface area contributed by atoms with Crippen LogP contribution in [0, 0.1) is 34.0 Å². The average Bonchev–Trinajstić information content (AvgIpc) is 2.98. The Bertz CT molecular complexity index is 845. The van der Waals surface area contributed by atoms with Gasteiger partial charge in [0.25, 0.3) is 0 Å². The molecule has 0 aromatic rings. The van der Waals surface area contributed by atoms with Crippen molar-refractivity contribution in [3.05, 3.63) is 12.2 Å². The van der Waals surface area contributed by atoms with E-state index >= 15 is 0 Å². The number of carbonyl (C=O) groups is 1. The molecule has 8 nitrogen and oxygen atoms in total. The average molecular weight is 481 g/mol. The zero-order valence-electron chi connectivity index (χ0n) is 20.2. The van der Waals surface area contributed by atoms with Gasteiger partial charge in [-0.15, -0.1) is 0 Å². The van der Waals surface area contributed by atoms with Gasteiger partial charge in [0, 0.05) is 5.41 Å². The van der Waals surface area contributed by atoms with Crippen molar-refractivity contribution in [2.45, 2.75) is 102 Å². The van der Waals surface area contributed by atoms with Crippen LogP contribution in [0.4, 0.5) is 0 Å². The quantitative estimate of drug-likeness (QED) is 0.301. The van der Waals surface area contributed by atoms with Crippen molar-refractivity contribution >= 4 is 5.97 Å². The molecule has 5 fully saturated rings. The van der Waals surface area contributed by atoms with Crippen LogP contribution in [-0.2, 0) is 14.3 Å². The standard InChI is InChI=1S/C26H40O8/c1-13-14-5-6-17-24(2)8-4-9-25(3,16(24)7-10-26(17,11-14)21(13)31)23(32)34-22-20(30)19(29)18(28)15(12-27)33-22/h14-22,27-31H,1,4-12H2,2-3H3/t14-,15-,16+,17+,18-,19+,20-,21+,22+,24-,25-,26-/m1/s1. The first-order chi connectivity index (χ1) is 16.0. The molecule has 2 bridgehead atoms. The highest BCUT2D eigenvalue weighted by molar-refractivity contribution is 5.77. The number of hydrogen-bond donors (Lipinski definition) is 5. The maximum atomic E-state index is 13.7. The van der Waals surface area contributed by atoms with E-state index in [1.165, 1.54) is 0 Å². The molecule has 0 aromatic heterocycles. The van der Waals surface area contributed by atoms with Gasteiger partial charge in [-0.25, -0.2) is 0 Å². The fraction of sp³-hybridized carbons (Fsp3) is 0.885. The number of ether oxygens (including phenoxy) is 2. The summed E-state index contributed by atoms with van der Waals surface area (Å²) < 4.78 is 11.1. The molecule has 0 unspecified atom stereocenters. The summed E-state index contributed by atoms with van der Waals surface area (Å²) in [4.78, 5) is 13.7. The summed E-state index contributed by atoms with van der Waals surface area (Å²) in [5.74, 6) is 0.287. The first kappa shape index (κ1) is 24.7. The van der Waals surface area contributed by atoms with Gasteiger partial charge in [0.15, 0.2) is 0 Å². The summed E-state index contributed by atoms with van der Waals surface area (Å²) >= 11 is 0. The largest absolute Gasteiger partial charge is 0.432 e. The number of hydrogen-bond acceptors (Lipinski definition) is 8. The molecule has 1 saturated heterocycles. The van der Waals surface area contributed by atoms with Crippen molar-refractivity contribution in [3.8, 4) is 0 Å². The third-order valence-electron chi connectivity index (χ3n) is 10.8. The molecule has 4 aliphatic carbocycles. The SMILES string of the molecule is C=C1[C@@H]2CC[C@H]3[C@]4(C)CCC[C@@](C)(C(=O)O[C@@H]5O[C@H](CO)[C@@H](O)[C@H](O)[C@H]5O)[C@H]4CC[C@]3(C2)[C@H]1O. The summed E-state index contributed by atoms with van der Waals surface area (Å²) in [7, 11) is 0. The monoisotopic (exact) mass is 480 g/mol. The van der Waals surface area contributed by atoms with E-state index in [1.54, 1.807) is 0 Å². The fourth-order valence-electron chi connectivity index (χ4n) is 9.01. The maximum absolute atomic E-state index is 13.7. The van der Waals surface area contributed by atoms with Gasteiger partial charge in [0.05, 0.1) is 18.1 Å². The van der Waals surface area contributed by atoms with Crippen molar-refractivity contribution in [3.63, 3.8) is 0 Å². The summed E-state index contributed by atoms with van der Waals surface area (Å²) in [5.41, 5.74) is -0.0868. The van der Waals surface area contributed by atoms with E-state index in [0.717, 1.165) is 50.5 Å². The minimum atomic E-state index is -1.61. The van der Waals surface area contributed by atoms with Gasteiger partial charge in [0.1, 0.15) is 24.4 Å². The minimum absolute atomic E-state index is 0.0550. The maximum Gasteiger partial charge on any atom is 0.314 e. The van der Waals surface area contributed by atoms with Crippen molar-refractivity contribution in [2.24, 2.45) is 34.0 Å². The van der Waals surface area contributed by atoms with E-state index in [1.807, 2.05) is 6.92 Å². The first-order valence-electron chi connectivity index (χ1n) is 12.9. The Hall–Kier alpha value is -1.03. The van der Waals surface area contributed by atoms with E-state index in [0.29, 0.717) is 18.3 Å². The predicted octanol–water partition coefficient (Wildman–Crippen LogP) is 1.27. The van der Waals surface area contributed by atoms with Crippen molar-refractivity contribution in [1.29, 1.82) is 0 Å². The second-order valence-electron chi connectivity index (χ2n) is 12.2. The molecule has 0 amide bonds. The molecule has 0 aromatic carbocycles. The van der Waals surface area contributed by atoms with Crippen molar-refractivity contribution < 1.29 is 39.8 Å². The summed E-state index contributed by atoms with van der Waals surface area (Å²) in [5, 5.41) is 51.2. The van der Waals surface area contributed by atoms with Gasteiger partial charge in [-0.2, -0.15) is 0 Å². The lowest BCUT2D eigenvalue weighted by Gasteiger charge is -2.64. The third kappa shape index (κ3) is 3.22. The smallest absolute Gasteiger partial charge is 0.314 e.